The molecule has 1 saturated carbocycles. The second-order valence-electron chi connectivity index (χ2n) is 27.3. The van der Waals surface area contributed by atoms with Gasteiger partial charge in [-0.1, -0.05) is 218 Å². The van der Waals surface area contributed by atoms with Crippen LogP contribution in [0.15, 0.2) is 133 Å². The molecule has 1 fully saturated rings. The van der Waals surface area contributed by atoms with Gasteiger partial charge < -0.3 is 9.38 Å². The van der Waals surface area contributed by atoms with Crippen LogP contribution in [-0.2, 0) is 27.1 Å². The molecule has 2 nitrogen and oxygen atoms in total. The first-order valence-corrected chi connectivity index (χ1v) is 27.3. The first kappa shape index (κ1) is 45.8. The summed E-state index contributed by atoms with van der Waals surface area (Å²) in [7, 11) is 0. The Bertz CT molecular complexity index is 3580. The van der Waals surface area contributed by atoms with E-state index in [0.29, 0.717) is 0 Å². The Kier molecular flexibility index (Phi) is 9.41. The molecule has 72 heavy (non-hydrogen) atoms. The fourth-order valence-corrected chi connectivity index (χ4v) is 14.6. The highest BCUT2D eigenvalue weighted by Crippen LogP contribution is 2.66. The molecule has 1 aromatic heterocycles. The minimum atomic E-state index is -0.160. The van der Waals surface area contributed by atoms with E-state index in [1.807, 2.05) is 0 Å². The molecule has 0 spiro atoms. The Labute approximate surface area is 431 Å². The molecule has 13 rings (SSSR count). The lowest BCUT2D eigenvalue weighted by Gasteiger charge is -2.55. The number of fused-ring (bicyclic) bond motifs is 12. The van der Waals surface area contributed by atoms with Gasteiger partial charge in [0, 0.05) is 50.3 Å². The van der Waals surface area contributed by atoms with Crippen molar-refractivity contribution in [3.05, 3.63) is 178 Å². The van der Waals surface area contributed by atoms with Crippen molar-refractivity contribution < 1.29 is 0 Å². The lowest BCUT2D eigenvalue weighted by Crippen LogP contribution is -2.71. The first-order valence-electron chi connectivity index (χ1n) is 27.3. The van der Waals surface area contributed by atoms with Gasteiger partial charge in [0.1, 0.15) is 0 Å². The van der Waals surface area contributed by atoms with Crippen molar-refractivity contribution >= 4 is 34.4 Å². The zero-order valence-corrected chi connectivity index (χ0v) is 45.6. The van der Waals surface area contributed by atoms with Gasteiger partial charge in [-0.15, -0.1) is 0 Å². The maximum Gasteiger partial charge on any atom is 0.325 e. The summed E-state index contributed by atoms with van der Waals surface area (Å²) in [4.78, 5) is 3.09. The van der Waals surface area contributed by atoms with E-state index in [2.05, 4.69) is 240 Å². The quantitative estimate of drug-likeness (QED) is 0.160. The number of aromatic nitrogens is 1. The Morgan fingerprint density at radius 1 is 0.514 bits per heavy atom. The molecule has 0 amide bonds. The van der Waals surface area contributed by atoms with E-state index in [0.717, 1.165) is 12.8 Å². The predicted octanol–water partition coefficient (Wildman–Crippen LogP) is 16.8. The van der Waals surface area contributed by atoms with Gasteiger partial charge in [0.2, 0.25) is 0 Å². The summed E-state index contributed by atoms with van der Waals surface area (Å²) in [6.07, 6.45) is 4.75. The average molecular weight is 941 g/mol. The molecule has 0 bridgehead atoms. The summed E-state index contributed by atoms with van der Waals surface area (Å²) >= 11 is 0. The van der Waals surface area contributed by atoms with Crippen LogP contribution in [0.5, 0.6) is 0 Å². The summed E-state index contributed by atoms with van der Waals surface area (Å²) < 4.78 is 2.73. The third-order valence-corrected chi connectivity index (χ3v) is 18.8. The smallest absolute Gasteiger partial charge is 0.325 e. The minimum absolute atomic E-state index is 0.0339. The van der Waals surface area contributed by atoms with E-state index in [1.165, 1.54) is 119 Å². The second kappa shape index (κ2) is 14.8. The third-order valence-electron chi connectivity index (χ3n) is 18.8. The first-order chi connectivity index (χ1) is 34.0. The van der Waals surface area contributed by atoms with Gasteiger partial charge in [-0.3, -0.25) is 0 Å². The highest BCUT2D eigenvalue weighted by Gasteiger charge is 2.64. The number of benzene rings is 7. The lowest BCUT2D eigenvalue weighted by molar-refractivity contribution is 0.200. The largest absolute Gasteiger partial charge is 0.400 e. The van der Waals surface area contributed by atoms with Gasteiger partial charge in [-0.2, -0.15) is 0 Å². The van der Waals surface area contributed by atoms with Crippen molar-refractivity contribution in [1.82, 2.24) is 4.57 Å². The summed E-state index contributed by atoms with van der Waals surface area (Å²) in [5.74, 6) is 0.167. The fourth-order valence-electron chi connectivity index (χ4n) is 14.6. The number of rotatable bonds is 3. The van der Waals surface area contributed by atoms with Crippen LogP contribution in [0.25, 0.3) is 61.2 Å². The van der Waals surface area contributed by atoms with E-state index in [4.69, 9.17) is 0 Å². The molecule has 0 saturated heterocycles. The summed E-state index contributed by atoms with van der Waals surface area (Å²) in [6.45, 7) is 34.1. The zero-order chi connectivity index (χ0) is 50.4. The maximum atomic E-state index is 3.09. The normalized spacial score (nSPS) is 20.6. The third kappa shape index (κ3) is 6.15. The molecule has 362 valence electrons. The Morgan fingerprint density at radius 2 is 1.08 bits per heavy atom. The molecule has 2 unspecified atom stereocenters. The molecule has 8 aromatic rings. The van der Waals surface area contributed by atoms with Crippen molar-refractivity contribution in [2.45, 2.75) is 161 Å². The van der Waals surface area contributed by atoms with Crippen molar-refractivity contribution in [3.63, 3.8) is 0 Å². The van der Waals surface area contributed by atoms with Crippen LogP contribution in [0, 0.1) is 0 Å². The molecule has 0 radical (unpaired) electrons. The Morgan fingerprint density at radius 3 is 1.72 bits per heavy atom. The van der Waals surface area contributed by atoms with Crippen molar-refractivity contribution in [1.29, 1.82) is 0 Å². The molecule has 3 atom stereocenters. The molecular formula is C69H73BN2. The van der Waals surface area contributed by atoms with Gasteiger partial charge in [-0.05, 0) is 137 Å². The number of hydrogen-bond donors (Lipinski definition) is 0. The van der Waals surface area contributed by atoms with Crippen LogP contribution in [0.2, 0.25) is 0 Å². The van der Waals surface area contributed by atoms with E-state index in [-0.39, 0.29) is 45.4 Å². The highest BCUT2D eigenvalue weighted by atomic mass is 15.2. The van der Waals surface area contributed by atoms with E-state index in [1.54, 1.807) is 16.6 Å². The van der Waals surface area contributed by atoms with Crippen LogP contribution in [0.3, 0.4) is 0 Å². The fraction of sp³-hybridized carbons (Fsp3) is 0.362. The summed E-state index contributed by atoms with van der Waals surface area (Å²) in [5, 5.41) is 1.35. The van der Waals surface area contributed by atoms with Gasteiger partial charge >= 0.3 is 6.85 Å². The standard InChI is InChI=1S/C69H73BN2/c1-64(2,3)43-27-30-47(31-28-43)71-61(42-25-19-16-20-26-42)56(41-23-17-15-18-24-41)54-40-52-51-37-45(66(7,8)9)38-53-57-48-32-29-44(65(4,5)6)35-49(48)50-36-46(67(10,11)12)39-55(58(50)57)70(60(51)53)72-63(52)59(62(54)71)68(13)33-21-22-34-69(68,72)14/h15-20,23-32,35-40,57H,21-22,33-34H2,1-14H3/t57?,68?,69-/m1/s1. The van der Waals surface area contributed by atoms with Crippen molar-refractivity contribution in [3.8, 4) is 50.3 Å². The van der Waals surface area contributed by atoms with E-state index < -0.39 is 0 Å². The monoisotopic (exact) mass is 941 g/mol. The second-order valence-corrected chi connectivity index (χ2v) is 27.3. The Hall–Kier alpha value is -6.06. The van der Waals surface area contributed by atoms with Gasteiger partial charge in [0.05, 0.1) is 11.2 Å². The van der Waals surface area contributed by atoms with Crippen LogP contribution < -0.4 is 15.7 Å². The van der Waals surface area contributed by atoms with E-state index >= 15 is 0 Å². The van der Waals surface area contributed by atoms with Crippen LogP contribution in [0.4, 0.5) is 5.69 Å². The SMILES string of the molecule is CC(C)(C)c1ccc(-n2c(-c3ccccc3)c(-c3ccccc3)c3cc4c5c(c32)C2(C)CCCC[C@@]2(C)N5B2c3cc(C(C)(C)C)cc5c3C(c3ccc(C(C)(C)C)cc3-5)c3cc(C(C)(C)C)cc-4c32)cc1. The molecule has 5 aliphatic rings. The Balaban J connectivity index is 1.24. The van der Waals surface area contributed by atoms with Crippen LogP contribution in [-0.4, -0.2) is 17.0 Å². The number of nitrogens with zero attached hydrogens (tertiary/aromatic N) is 2. The molecule has 2 aliphatic carbocycles. The highest BCUT2D eigenvalue weighted by molar-refractivity contribution is 6.91. The topological polar surface area (TPSA) is 8.17 Å². The summed E-state index contributed by atoms with van der Waals surface area (Å²) in [5.41, 5.74) is 29.4. The molecular weight excluding hydrogens is 868 g/mol. The average Bonchev–Trinajstić information content (AvgIpc) is 3.93. The maximum absolute atomic E-state index is 3.09. The van der Waals surface area contributed by atoms with E-state index in [9.17, 15) is 0 Å². The van der Waals surface area contributed by atoms with Crippen molar-refractivity contribution in [2.75, 3.05) is 4.81 Å². The van der Waals surface area contributed by atoms with Gasteiger partial charge in [0.15, 0.2) is 0 Å². The predicted molar refractivity (Wildman–Crippen MR) is 309 cm³/mol. The van der Waals surface area contributed by atoms with Gasteiger partial charge in [-0.25, -0.2) is 0 Å². The zero-order valence-electron chi connectivity index (χ0n) is 45.6. The minimum Gasteiger partial charge on any atom is -0.400 e. The molecule has 7 aromatic carbocycles. The molecule has 3 aliphatic heterocycles. The molecule has 4 heterocycles. The summed E-state index contributed by atoms with van der Waals surface area (Å²) in [6, 6.07) is 53.2. The number of hydrogen-bond acceptors (Lipinski definition) is 1. The molecule has 3 heteroatoms. The number of anilines is 1. The van der Waals surface area contributed by atoms with Crippen molar-refractivity contribution in [2.24, 2.45) is 0 Å². The lowest BCUT2D eigenvalue weighted by atomic mass is 9.38. The molecule has 0 N–H and O–H groups in total. The van der Waals surface area contributed by atoms with Crippen LogP contribution in [0.1, 0.15) is 173 Å². The van der Waals surface area contributed by atoms with Gasteiger partial charge in [0.25, 0.3) is 0 Å². The van der Waals surface area contributed by atoms with Crippen LogP contribution >= 0.6 is 0 Å².